The minimum atomic E-state index is -0.419. The first-order valence-electron chi connectivity index (χ1n) is 9.80. The third-order valence-electron chi connectivity index (χ3n) is 5.36. The predicted molar refractivity (Wildman–Crippen MR) is 113 cm³/mol. The van der Waals surface area contributed by atoms with Crippen LogP contribution in [0.1, 0.15) is 13.3 Å². The van der Waals surface area contributed by atoms with Crippen LogP contribution >= 0.6 is 0 Å². The molecule has 0 spiro atoms. The summed E-state index contributed by atoms with van der Waals surface area (Å²) in [7, 11) is 1.72. The molecule has 1 aliphatic rings. The number of H-pyrrole nitrogens is 1. The predicted octanol–water partition coefficient (Wildman–Crippen LogP) is 3.08. The van der Waals surface area contributed by atoms with Crippen LogP contribution in [0.3, 0.4) is 0 Å². The molecule has 0 bridgehead atoms. The van der Waals surface area contributed by atoms with Crippen molar-refractivity contribution in [3.63, 3.8) is 0 Å². The lowest BCUT2D eigenvalue weighted by Gasteiger charge is -2.39. The zero-order valence-corrected chi connectivity index (χ0v) is 16.9. The van der Waals surface area contributed by atoms with Crippen LogP contribution in [0.4, 0.5) is 21.6 Å². The minimum Gasteiger partial charge on any atom is -0.309 e. The number of carbonyl (C=O) groups is 1. The maximum Gasteiger partial charge on any atom is 0.250 e. The van der Waals surface area contributed by atoms with E-state index < -0.39 is 6.04 Å². The second-order valence-electron chi connectivity index (χ2n) is 7.15. The molecule has 1 aromatic carbocycles. The first-order valence-corrected chi connectivity index (χ1v) is 9.80. The van der Waals surface area contributed by atoms with E-state index in [9.17, 15) is 9.18 Å². The molecule has 1 amide bonds. The van der Waals surface area contributed by atoms with Crippen LogP contribution < -0.4 is 9.80 Å². The molecule has 31 heavy (non-hydrogen) atoms. The lowest BCUT2D eigenvalue weighted by Crippen LogP contribution is -2.50. The van der Waals surface area contributed by atoms with Crippen molar-refractivity contribution < 1.29 is 9.18 Å². The second-order valence-corrected chi connectivity index (χ2v) is 7.15. The van der Waals surface area contributed by atoms with Gasteiger partial charge in [-0.25, -0.2) is 14.4 Å². The monoisotopic (exact) mass is 418 g/mol. The summed E-state index contributed by atoms with van der Waals surface area (Å²) < 4.78 is 15.1. The van der Waals surface area contributed by atoms with Crippen molar-refractivity contribution >= 4 is 23.1 Å². The van der Waals surface area contributed by atoms with Crippen molar-refractivity contribution in [2.75, 3.05) is 16.8 Å². The number of carbonyl (C=O) groups excluding carboxylic acids is 1. The van der Waals surface area contributed by atoms with E-state index >= 15 is 0 Å². The Bertz CT molecular complexity index is 1230. The van der Waals surface area contributed by atoms with Crippen LogP contribution in [0, 0.1) is 5.82 Å². The number of rotatable bonds is 4. The molecule has 10 heteroatoms. The van der Waals surface area contributed by atoms with Crippen LogP contribution in [0.25, 0.3) is 17.3 Å². The number of benzene rings is 1. The third-order valence-corrected chi connectivity index (χ3v) is 5.36. The number of nitrogens with zero attached hydrogens (tertiary/aromatic N) is 7. The molecule has 0 unspecified atom stereocenters. The molecule has 0 aliphatic carbocycles. The summed E-state index contributed by atoms with van der Waals surface area (Å²) in [5.74, 6) is 1.21. The average molecular weight is 418 g/mol. The van der Waals surface area contributed by atoms with Gasteiger partial charge in [-0.3, -0.25) is 14.5 Å². The molecule has 9 nitrogen and oxygen atoms in total. The van der Waals surface area contributed by atoms with E-state index in [0.717, 1.165) is 11.3 Å². The van der Waals surface area contributed by atoms with Gasteiger partial charge in [0.25, 0.3) is 0 Å². The smallest absolute Gasteiger partial charge is 0.250 e. The summed E-state index contributed by atoms with van der Waals surface area (Å²) >= 11 is 0. The summed E-state index contributed by atoms with van der Waals surface area (Å²) in [5, 5.41) is 6.84. The van der Waals surface area contributed by atoms with Crippen LogP contribution in [0.15, 0.2) is 55.2 Å². The topological polar surface area (TPSA) is 95.8 Å². The van der Waals surface area contributed by atoms with Gasteiger partial charge in [-0.05, 0) is 30.7 Å². The maximum atomic E-state index is 13.4. The number of hydrogen-bond acceptors (Lipinski definition) is 6. The SMILES string of the molecule is CC[C@H]1C(=O)N(C)c2cnc(-n3ccnc3-c3ccc(F)cc3)nc2N1c1cn[nH]c1. The molecular formula is C21H19FN8O. The Kier molecular flexibility index (Phi) is 4.46. The summed E-state index contributed by atoms with van der Waals surface area (Å²) in [4.78, 5) is 30.1. The van der Waals surface area contributed by atoms with Crippen molar-refractivity contribution in [3.8, 4) is 17.3 Å². The molecule has 0 saturated carbocycles. The highest BCUT2D eigenvalue weighted by atomic mass is 19.1. The zero-order valence-electron chi connectivity index (χ0n) is 16.9. The number of imidazole rings is 1. The fourth-order valence-corrected chi connectivity index (χ4v) is 3.80. The average Bonchev–Trinajstić information content (AvgIpc) is 3.48. The van der Waals surface area contributed by atoms with Gasteiger partial charge in [0.2, 0.25) is 11.9 Å². The van der Waals surface area contributed by atoms with Gasteiger partial charge in [0, 0.05) is 31.2 Å². The highest BCUT2D eigenvalue weighted by Gasteiger charge is 2.38. The number of aromatic nitrogens is 6. The van der Waals surface area contributed by atoms with E-state index in [1.165, 1.54) is 12.1 Å². The fraction of sp³-hybridized carbons (Fsp3) is 0.190. The van der Waals surface area contributed by atoms with Crippen molar-refractivity contribution in [1.82, 2.24) is 29.7 Å². The Labute approximate surface area is 177 Å². The molecule has 1 N–H and O–H groups in total. The second kappa shape index (κ2) is 7.31. The van der Waals surface area contributed by atoms with E-state index in [-0.39, 0.29) is 11.7 Å². The van der Waals surface area contributed by atoms with Gasteiger partial charge in [-0.1, -0.05) is 6.92 Å². The first-order chi connectivity index (χ1) is 15.1. The van der Waals surface area contributed by atoms with Crippen molar-refractivity contribution in [2.45, 2.75) is 19.4 Å². The molecule has 4 aromatic rings. The number of aromatic amines is 1. The normalized spacial score (nSPS) is 16.0. The maximum absolute atomic E-state index is 13.4. The quantitative estimate of drug-likeness (QED) is 0.547. The molecule has 0 fully saturated rings. The van der Waals surface area contributed by atoms with Gasteiger partial charge in [-0.15, -0.1) is 0 Å². The summed E-state index contributed by atoms with van der Waals surface area (Å²) in [6.07, 6.45) is 9.00. The molecule has 1 atom stereocenters. The number of anilines is 3. The Morgan fingerprint density at radius 1 is 1.16 bits per heavy atom. The minimum absolute atomic E-state index is 0.0396. The van der Waals surface area contributed by atoms with Gasteiger partial charge in [0.15, 0.2) is 5.82 Å². The van der Waals surface area contributed by atoms with E-state index in [2.05, 4.69) is 20.2 Å². The molecule has 0 saturated heterocycles. The zero-order chi connectivity index (χ0) is 21.5. The van der Waals surface area contributed by atoms with Gasteiger partial charge in [-0.2, -0.15) is 10.1 Å². The number of nitrogens with one attached hydrogen (secondary N) is 1. The lowest BCUT2D eigenvalue weighted by atomic mass is 10.1. The van der Waals surface area contributed by atoms with Gasteiger partial charge in [0.05, 0.1) is 18.1 Å². The van der Waals surface area contributed by atoms with E-state index in [0.29, 0.717) is 29.7 Å². The van der Waals surface area contributed by atoms with E-state index in [1.807, 2.05) is 11.8 Å². The molecule has 5 rings (SSSR count). The Hall–Kier alpha value is -4.08. The van der Waals surface area contributed by atoms with Crippen molar-refractivity contribution in [3.05, 3.63) is 61.1 Å². The number of likely N-dealkylation sites (N-methyl/N-ethyl adjacent to an activating group) is 1. The molecule has 3 aromatic heterocycles. The van der Waals surface area contributed by atoms with Crippen LogP contribution in [0.5, 0.6) is 0 Å². The van der Waals surface area contributed by atoms with Crippen molar-refractivity contribution in [1.29, 1.82) is 0 Å². The molecule has 0 radical (unpaired) electrons. The molecule has 156 valence electrons. The number of hydrogen-bond donors (Lipinski definition) is 1. The van der Waals surface area contributed by atoms with Crippen molar-refractivity contribution in [2.24, 2.45) is 0 Å². The largest absolute Gasteiger partial charge is 0.309 e. The third kappa shape index (κ3) is 3.03. The van der Waals surface area contributed by atoms with Crippen LogP contribution in [0.2, 0.25) is 0 Å². The fourth-order valence-electron chi connectivity index (χ4n) is 3.80. The molecular weight excluding hydrogens is 399 g/mol. The van der Waals surface area contributed by atoms with Crippen LogP contribution in [-0.2, 0) is 4.79 Å². The Morgan fingerprint density at radius 3 is 2.68 bits per heavy atom. The highest BCUT2D eigenvalue weighted by Crippen LogP contribution is 2.39. The summed E-state index contributed by atoms with van der Waals surface area (Å²) in [5.41, 5.74) is 2.07. The number of halogens is 1. The van der Waals surface area contributed by atoms with E-state index in [1.54, 1.807) is 59.6 Å². The molecule has 4 heterocycles. The highest BCUT2D eigenvalue weighted by molar-refractivity contribution is 6.06. The Balaban J connectivity index is 1.66. The number of fused-ring (bicyclic) bond motifs is 1. The standard InChI is InChI=1S/C21H19FN8O/c1-3-16-20(31)28(2)17-12-24-21(27-19(17)30(16)15-10-25-26-11-15)29-9-8-23-18(29)13-4-6-14(22)7-5-13/h4-12,16H,3H2,1-2H3,(H,25,26)/t16-/m0/s1. The van der Waals surface area contributed by atoms with Gasteiger partial charge in [0.1, 0.15) is 23.4 Å². The van der Waals surface area contributed by atoms with Gasteiger partial charge < -0.3 is 9.80 Å². The first kappa shape index (κ1) is 18.9. The Morgan fingerprint density at radius 2 is 1.97 bits per heavy atom. The summed E-state index contributed by atoms with van der Waals surface area (Å²) in [6.45, 7) is 1.96. The lowest BCUT2D eigenvalue weighted by molar-refractivity contribution is -0.119. The number of amides is 1. The molecule has 1 aliphatic heterocycles. The van der Waals surface area contributed by atoms with E-state index in [4.69, 9.17) is 4.98 Å². The summed E-state index contributed by atoms with van der Waals surface area (Å²) in [6, 6.07) is 5.66. The van der Waals surface area contributed by atoms with Gasteiger partial charge >= 0.3 is 0 Å². The van der Waals surface area contributed by atoms with Crippen LogP contribution in [-0.4, -0.2) is 48.7 Å².